The van der Waals surface area contributed by atoms with E-state index in [2.05, 4.69) is 0 Å². The van der Waals surface area contributed by atoms with Crippen LogP contribution in [0.15, 0.2) is 34.1 Å². The Hall–Kier alpha value is -1.46. The Balaban J connectivity index is 3.01. The molecule has 8 heteroatoms. The quantitative estimate of drug-likeness (QED) is 0.635. The molecule has 3 nitrogen and oxygen atoms in total. The van der Waals surface area contributed by atoms with E-state index in [1.165, 1.54) is 30.3 Å². The van der Waals surface area contributed by atoms with Crippen LogP contribution in [0.3, 0.4) is 0 Å². The van der Waals surface area contributed by atoms with E-state index in [0.29, 0.717) is 5.56 Å². The summed E-state index contributed by atoms with van der Waals surface area (Å²) in [5.74, 6) is 0. The number of allylic oxidation sites excluding steroid dienone is 1. The molecule has 0 unspecified atom stereocenters. The predicted octanol–water partition coefficient (Wildman–Crippen LogP) is 3.21. The SMILES string of the molecule is CS(=O)(=O)/C(C#N)=C/c1ccc(SC(F)(F)F)cc1. The predicted molar refractivity (Wildman–Crippen MR) is 66.8 cm³/mol. The molecule has 102 valence electrons. The van der Waals surface area contributed by atoms with E-state index >= 15 is 0 Å². The molecule has 0 radical (unpaired) electrons. The zero-order valence-corrected chi connectivity index (χ0v) is 11.2. The number of nitriles is 1. The molecular formula is C11H8F3NO2S2. The first-order valence-corrected chi connectivity index (χ1v) is 7.50. The van der Waals surface area contributed by atoms with Gasteiger partial charge >= 0.3 is 5.51 Å². The molecule has 0 saturated heterocycles. The largest absolute Gasteiger partial charge is 0.446 e. The summed E-state index contributed by atoms with van der Waals surface area (Å²) in [7, 11) is -3.64. The summed E-state index contributed by atoms with van der Waals surface area (Å²) < 4.78 is 58.6. The van der Waals surface area contributed by atoms with Gasteiger partial charge in [-0.25, -0.2) is 8.42 Å². The molecule has 1 aromatic rings. The van der Waals surface area contributed by atoms with Crippen LogP contribution in [-0.4, -0.2) is 20.2 Å². The smallest absolute Gasteiger partial charge is 0.223 e. The standard InChI is InChI=1S/C11H8F3NO2S2/c1-19(16,17)10(7-15)6-8-2-4-9(5-3-8)18-11(12,13)14/h2-6H,1H3/b10-6+. The molecule has 1 rings (SSSR count). The normalized spacial score (nSPS) is 13.1. The van der Waals surface area contributed by atoms with Crippen LogP contribution in [0.25, 0.3) is 6.08 Å². The zero-order valence-electron chi connectivity index (χ0n) is 9.60. The van der Waals surface area contributed by atoms with E-state index in [1.807, 2.05) is 0 Å². The molecular weight excluding hydrogens is 299 g/mol. The first kappa shape index (κ1) is 15.6. The Morgan fingerprint density at radius 3 is 2.21 bits per heavy atom. The minimum atomic E-state index is -4.37. The molecule has 1 aromatic carbocycles. The maximum atomic E-state index is 12.1. The lowest BCUT2D eigenvalue weighted by atomic mass is 10.2. The number of hydrogen-bond donors (Lipinski definition) is 0. The van der Waals surface area contributed by atoms with Crippen molar-refractivity contribution < 1.29 is 21.6 Å². The maximum Gasteiger partial charge on any atom is 0.446 e. The van der Waals surface area contributed by atoms with Gasteiger partial charge in [0.25, 0.3) is 0 Å². The van der Waals surface area contributed by atoms with Crippen molar-refractivity contribution in [2.24, 2.45) is 0 Å². The van der Waals surface area contributed by atoms with Crippen molar-refractivity contribution in [1.29, 1.82) is 5.26 Å². The highest BCUT2D eigenvalue weighted by molar-refractivity contribution is 8.00. The molecule has 0 saturated carbocycles. The number of alkyl halides is 3. The van der Waals surface area contributed by atoms with Crippen molar-refractivity contribution in [3.63, 3.8) is 0 Å². The molecule has 0 aromatic heterocycles. The third-order valence-electron chi connectivity index (χ3n) is 1.92. The fourth-order valence-corrected chi connectivity index (χ4v) is 2.19. The molecule has 0 bridgehead atoms. The summed E-state index contributed by atoms with van der Waals surface area (Å²) in [6.07, 6.45) is 1.99. The van der Waals surface area contributed by atoms with Crippen LogP contribution in [-0.2, 0) is 9.84 Å². The molecule has 0 aliphatic heterocycles. The topological polar surface area (TPSA) is 57.9 Å². The number of nitrogens with zero attached hydrogens (tertiary/aromatic N) is 1. The number of hydrogen-bond acceptors (Lipinski definition) is 4. The Bertz CT molecular complexity index is 625. The first-order valence-electron chi connectivity index (χ1n) is 4.79. The molecule has 0 atom stereocenters. The average Bonchev–Trinajstić information content (AvgIpc) is 2.24. The van der Waals surface area contributed by atoms with E-state index in [1.54, 1.807) is 0 Å². The maximum absolute atomic E-state index is 12.1. The van der Waals surface area contributed by atoms with Crippen LogP contribution in [0, 0.1) is 11.3 Å². The van der Waals surface area contributed by atoms with Gasteiger partial charge in [0.15, 0.2) is 9.84 Å². The Labute approximate surface area is 112 Å². The van der Waals surface area contributed by atoms with Crippen molar-refractivity contribution in [1.82, 2.24) is 0 Å². The van der Waals surface area contributed by atoms with Gasteiger partial charge in [0.05, 0.1) is 0 Å². The number of halogens is 3. The minimum absolute atomic E-state index is 0.0116. The van der Waals surface area contributed by atoms with Gasteiger partial charge in [-0.1, -0.05) is 12.1 Å². The molecule has 0 spiro atoms. The highest BCUT2D eigenvalue weighted by atomic mass is 32.2. The first-order chi connectivity index (χ1) is 8.62. The lowest BCUT2D eigenvalue weighted by Gasteiger charge is -2.05. The number of sulfone groups is 1. The fraction of sp³-hybridized carbons (Fsp3) is 0.182. The van der Waals surface area contributed by atoms with Gasteiger partial charge in [0.2, 0.25) is 0 Å². The van der Waals surface area contributed by atoms with Crippen molar-refractivity contribution >= 4 is 27.7 Å². The van der Waals surface area contributed by atoms with Gasteiger partial charge in [-0.2, -0.15) is 18.4 Å². The molecule has 19 heavy (non-hydrogen) atoms. The molecule has 0 heterocycles. The van der Waals surface area contributed by atoms with E-state index in [9.17, 15) is 21.6 Å². The van der Waals surface area contributed by atoms with Crippen molar-refractivity contribution in [2.75, 3.05) is 6.26 Å². The van der Waals surface area contributed by atoms with Gasteiger partial charge in [-0.05, 0) is 35.5 Å². The lowest BCUT2D eigenvalue weighted by molar-refractivity contribution is -0.0328. The molecule has 0 N–H and O–H groups in total. The van der Waals surface area contributed by atoms with E-state index in [-0.39, 0.29) is 16.7 Å². The van der Waals surface area contributed by atoms with Gasteiger partial charge in [-0.3, -0.25) is 0 Å². The van der Waals surface area contributed by atoms with Gasteiger partial charge in [-0.15, -0.1) is 0 Å². The summed E-state index contributed by atoms with van der Waals surface area (Å²) in [4.78, 5) is -0.453. The van der Waals surface area contributed by atoms with Gasteiger partial charge in [0, 0.05) is 11.2 Å². The van der Waals surface area contributed by atoms with E-state index < -0.39 is 20.3 Å². The lowest BCUT2D eigenvalue weighted by Crippen LogP contribution is -1.99. The highest BCUT2D eigenvalue weighted by Crippen LogP contribution is 2.36. The highest BCUT2D eigenvalue weighted by Gasteiger charge is 2.28. The van der Waals surface area contributed by atoms with Crippen molar-refractivity contribution in [3.05, 3.63) is 34.7 Å². The number of thioether (sulfide) groups is 1. The van der Waals surface area contributed by atoms with Crippen molar-refractivity contribution in [2.45, 2.75) is 10.4 Å². The molecule has 0 amide bonds. The van der Waals surface area contributed by atoms with Crippen LogP contribution >= 0.6 is 11.8 Å². The second-order valence-electron chi connectivity index (χ2n) is 3.51. The second kappa shape index (κ2) is 5.67. The molecule has 0 fully saturated rings. The Morgan fingerprint density at radius 1 is 1.32 bits per heavy atom. The Morgan fingerprint density at radius 2 is 1.84 bits per heavy atom. The summed E-state index contributed by atoms with van der Waals surface area (Å²) in [5.41, 5.74) is -4.03. The summed E-state index contributed by atoms with van der Waals surface area (Å²) >= 11 is -0.264. The summed E-state index contributed by atoms with van der Waals surface area (Å²) in [5, 5.41) is 8.68. The average molecular weight is 307 g/mol. The molecule has 0 aliphatic carbocycles. The Kier molecular flexibility index (Phi) is 4.66. The fourth-order valence-electron chi connectivity index (χ4n) is 1.14. The number of rotatable bonds is 3. The van der Waals surface area contributed by atoms with Crippen LogP contribution in [0.5, 0.6) is 0 Å². The summed E-state index contributed by atoms with van der Waals surface area (Å²) in [6.45, 7) is 0. The minimum Gasteiger partial charge on any atom is -0.223 e. The van der Waals surface area contributed by atoms with Crippen LogP contribution in [0.2, 0.25) is 0 Å². The van der Waals surface area contributed by atoms with Crippen molar-refractivity contribution in [3.8, 4) is 6.07 Å². The van der Waals surface area contributed by atoms with Crippen LogP contribution in [0.1, 0.15) is 5.56 Å². The van der Waals surface area contributed by atoms with E-state index in [0.717, 1.165) is 12.3 Å². The third kappa shape index (κ3) is 5.36. The number of benzene rings is 1. The van der Waals surface area contributed by atoms with Gasteiger partial charge < -0.3 is 0 Å². The third-order valence-corrected chi connectivity index (χ3v) is 3.67. The van der Waals surface area contributed by atoms with Gasteiger partial charge in [0.1, 0.15) is 11.0 Å². The second-order valence-corrected chi connectivity index (χ2v) is 6.63. The van der Waals surface area contributed by atoms with Crippen LogP contribution in [0.4, 0.5) is 13.2 Å². The summed E-state index contributed by atoms with van der Waals surface area (Å²) in [6, 6.07) is 6.58. The zero-order chi connectivity index (χ0) is 14.7. The molecule has 0 aliphatic rings. The van der Waals surface area contributed by atoms with Crippen LogP contribution < -0.4 is 0 Å². The monoisotopic (exact) mass is 307 g/mol. The van der Waals surface area contributed by atoms with E-state index in [4.69, 9.17) is 5.26 Å².